The number of carbonyl (C=O) groups is 1. The summed E-state index contributed by atoms with van der Waals surface area (Å²) in [4.78, 5) is 10.6. The van der Waals surface area contributed by atoms with Crippen LogP contribution in [0.2, 0.25) is 0 Å². The third-order valence-electron chi connectivity index (χ3n) is 1.48. The molecule has 0 aliphatic carbocycles. The zero-order chi connectivity index (χ0) is 7.56. The van der Waals surface area contributed by atoms with Crippen molar-refractivity contribution in [2.75, 3.05) is 13.1 Å². The number of primary amides is 1. The summed E-state index contributed by atoms with van der Waals surface area (Å²) in [6, 6.07) is 0. The number of halogens is 1. The van der Waals surface area contributed by atoms with Crippen LogP contribution in [0, 0.1) is 0 Å². The highest BCUT2D eigenvalue weighted by Gasteiger charge is 2.22. The Morgan fingerprint density at radius 3 is 2.64 bits per heavy atom. The van der Waals surface area contributed by atoms with E-state index < -0.39 is 6.10 Å². The monoisotopic (exact) mass is 180 g/mol. The fourth-order valence-corrected chi connectivity index (χ4v) is 0.962. The van der Waals surface area contributed by atoms with Gasteiger partial charge in [0.2, 0.25) is 5.91 Å². The number of hydrogen-bond acceptors (Lipinski definition) is 3. The maximum absolute atomic E-state index is 10.6. The van der Waals surface area contributed by atoms with Crippen molar-refractivity contribution in [3.63, 3.8) is 0 Å². The van der Waals surface area contributed by atoms with Crippen LogP contribution < -0.4 is 11.1 Å². The van der Waals surface area contributed by atoms with Crippen LogP contribution in [-0.2, 0) is 9.53 Å². The number of rotatable bonds is 1. The van der Waals surface area contributed by atoms with Crippen molar-refractivity contribution in [3.8, 4) is 0 Å². The predicted molar refractivity (Wildman–Crippen MR) is 43.6 cm³/mol. The molecule has 0 spiro atoms. The number of nitrogens with two attached hydrogens (primary N) is 1. The Labute approximate surface area is 71.9 Å². The Morgan fingerprint density at radius 2 is 2.27 bits per heavy atom. The minimum atomic E-state index is -0.441. The van der Waals surface area contributed by atoms with Gasteiger partial charge in [0.15, 0.2) is 0 Å². The van der Waals surface area contributed by atoms with Crippen molar-refractivity contribution in [3.05, 3.63) is 0 Å². The summed E-state index contributed by atoms with van der Waals surface area (Å²) >= 11 is 0. The van der Waals surface area contributed by atoms with Gasteiger partial charge in [0.1, 0.15) is 6.10 Å². The molecule has 1 heterocycles. The van der Waals surface area contributed by atoms with Gasteiger partial charge < -0.3 is 15.8 Å². The van der Waals surface area contributed by atoms with Crippen molar-refractivity contribution in [1.82, 2.24) is 5.32 Å². The fourth-order valence-electron chi connectivity index (χ4n) is 0.962. The Morgan fingerprint density at radius 1 is 1.64 bits per heavy atom. The highest BCUT2D eigenvalue weighted by atomic mass is 35.5. The molecule has 66 valence electrons. The number of carbonyl (C=O) groups excluding carboxylic acids is 1. The smallest absolute Gasteiger partial charge is 0.247 e. The first-order valence-corrected chi connectivity index (χ1v) is 3.35. The zero-order valence-corrected chi connectivity index (χ0v) is 7.19. The lowest BCUT2D eigenvalue weighted by molar-refractivity contribution is -0.135. The maximum Gasteiger partial charge on any atom is 0.247 e. The van der Waals surface area contributed by atoms with Crippen molar-refractivity contribution >= 4 is 18.3 Å². The lowest BCUT2D eigenvalue weighted by Gasteiger charge is -2.26. The van der Waals surface area contributed by atoms with E-state index in [1.54, 1.807) is 0 Å². The molecule has 1 aliphatic heterocycles. The van der Waals surface area contributed by atoms with Crippen molar-refractivity contribution < 1.29 is 9.53 Å². The third kappa shape index (κ3) is 3.05. The second kappa shape index (κ2) is 4.54. The molecule has 1 saturated heterocycles. The Kier molecular flexibility index (Phi) is 4.40. The molecule has 1 aliphatic rings. The molecule has 5 heteroatoms. The SMILES string of the molecule is CC1CNCC(C(N)=O)O1.Cl. The Balaban J connectivity index is 0.000001000. The molecule has 11 heavy (non-hydrogen) atoms. The first kappa shape index (κ1) is 10.7. The van der Waals surface area contributed by atoms with E-state index in [0.29, 0.717) is 6.54 Å². The summed E-state index contributed by atoms with van der Waals surface area (Å²) in [6.07, 6.45) is -0.352. The molecule has 0 aromatic rings. The van der Waals surface area contributed by atoms with Gasteiger partial charge in [0.05, 0.1) is 6.10 Å². The number of morpholine rings is 1. The quantitative estimate of drug-likeness (QED) is 0.559. The Bertz CT molecular complexity index is 143. The van der Waals surface area contributed by atoms with Crippen molar-refractivity contribution in [1.29, 1.82) is 0 Å². The second-order valence-corrected chi connectivity index (χ2v) is 2.50. The van der Waals surface area contributed by atoms with Gasteiger partial charge >= 0.3 is 0 Å². The van der Waals surface area contributed by atoms with Gasteiger partial charge in [-0.2, -0.15) is 0 Å². The van der Waals surface area contributed by atoms with Gasteiger partial charge in [0.25, 0.3) is 0 Å². The first-order chi connectivity index (χ1) is 4.70. The van der Waals surface area contributed by atoms with E-state index in [-0.39, 0.29) is 24.4 Å². The average Bonchev–Trinajstić information content (AvgIpc) is 1.88. The molecular weight excluding hydrogens is 168 g/mol. The Hall–Kier alpha value is -0.320. The van der Waals surface area contributed by atoms with Crippen LogP contribution in [0.4, 0.5) is 0 Å². The van der Waals surface area contributed by atoms with Crippen LogP contribution >= 0.6 is 12.4 Å². The van der Waals surface area contributed by atoms with Crippen molar-refractivity contribution in [2.24, 2.45) is 5.73 Å². The maximum atomic E-state index is 10.6. The molecule has 2 unspecified atom stereocenters. The second-order valence-electron chi connectivity index (χ2n) is 2.50. The normalized spacial score (nSPS) is 30.6. The fraction of sp³-hybridized carbons (Fsp3) is 0.833. The summed E-state index contributed by atoms with van der Waals surface area (Å²) in [6.45, 7) is 3.24. The first-order valence-electron chi connectivity index (χ1n) is 3.35. The molecule has 0 radical (unpaired) electrons. The van der Waals surface area contributed by atoms with E-state index in [4.69, 9.17) is 10.5 Å². The van der Waals surface area contributed by atoms with Gasteiger partial charge in [-0.05, 0) is 6.92 Å². The molecule has 0 aromatic heterocycles. The standard InChI is InChI=1S/C6H12N2O2.ClH/c1-4-2-8-3-5(10-4)6(7)9;/h4-5,8H,2-3H2,1H3,(H2,7,9);1H. The molecule has 0 bridgehead atoms. The summed E-state index contributed by atoms with van der Waals surface area (Å²) in [5, 5.41) is 3.04. The summed E-state index contributed by atoms with van der Waals surface area (Å²) < 4.78 is 5.21. The van der Waals surface area contributed by atoms with Gasteiger partial charge in [-0.15, -0.1) is 12.4 Å². The van der Waals surface area contributed by atoms with Gasteiger partial charge in [-0.25, -0.2) is 0 Å². The van der Waals surface area contributed by atoms with Crippen LogP contribution in [0.5, 0.6) is 0 Å². The third-order valence-corrected chi connectivity index (χ3v) is 1.48. The van der Waals surface area contributed by atoms with Gasteiger partial charge in [-0.1, -0.05) is 0 Å². The molecule has 2 atom stereocenters. The van der Waals surface area contributed by atoms with Crippen LogP contribution in [-0.4, -0.2) is 31.2 Å². The minimum Gasteiger partial charge on any atom is -0.367 e. The topological polar surface area (TPSA) is 64.3 Å². The lowest BCUT2D eigenvalue weighted by atomic mass is 10.2. The van der Waals surface area contributed by atoms with E-state index in [9.17, 15) is 4.79 Å². The van der Waals surface area contributed by atoms with E-state index in [1.807, 2.05) is 6.92 Å². The molecule has 1 fully saturated rings. The van der Waals surface area contributed by atoms with Crippen LogP contribution in [0.3, 0.4) is 0 Å². The van der Waals surface area contributed by atoms with E-state index in [1.165, 1.54) is 0 Å². The number of hydrogen-bond donors (Lipinski definition) is 2. The number of ether oxygens (including phenoxy) is 1. The minimum absolute atomic E-state index is 0. The number of amides is 1. The highest BCUT2D eigenvalue weighted by Crippen LogP contribution is 2.01. The number of nitrogens with one attached hydrogen (secondary N) is 1. The molecule has 1 amide bonds. The average molecular weight is 181 g/mol. The van der Waals surface area contributed by atoms with Crippen LogP contribution in [0.15, 0.2) is 0 Å². The molecule has 0 aromatic carbocycles. The zero-order valence-electron chi connectivity index (χ0n) is 6.37. The van der Waals surface area contributed by atoms with Gasteiger partial charge in [-0.3, -0.25) is 4.79 Å². The van der Waals surface area contributed by atoms with Crippen molar-refractivity contribution in [2.45, 2.75) is 19.1 Å². The predicted octanol–water partition coefficient (Wildman–Crippen LogP) is -0.730. The molecule has 1 rings (SSSR count). The van der Waals surface area contributed by atoms with E-state index in [2.05, 4.69) is 5.32 Å². The molecule has 3 N–H and O–H groups in total. The molecular formula is C6H13ClN2O2. The van der Waals surface area contributed by atoms with E-state index >= 15 is 0 Å². The molecule has 4 nitrogen and oxygen atoms in total. The lowest BCUT2D eigenvalue weighted by Crippen LogP contribution is -2.49. The highest BCUT2D eigenvalue weighted by molar-refractivity contribution is 5.85. The summed E-state index contributed by atoms with van der Waals surface area (Å²) in [5.74, 6) is -0.390. The van der Waals surface area contributed by atoms with Crippen LogP contribution in [0.1, 0.15) is 6.92 Å². The summed E-state index contributed by atoms with van der Waals surface area (Å²) in [5.41, 5.74) is 5.03. The van der Waals surface area contributed by atoms with Gasteiger partial charge in [0, 0.05) is 13.1 Å². The van der Waals surface area contributed by atoms with Crippen LogP contribution in [0.25, 0.3) is 0 Å². The summed E-state index contributed by atoms with van der Waals surface area (Å²) in [7, 11) is 0. The molecule has 0 saturated carbocycles. The van der Waals surface area contributed by atoms with E-state index in [0.717, 1.165) is 6.54 Å². The largest absolute Gasteiger partial charge is 0.367 e.